The van der Waals surface area contributed by atoms with Gasteiger partial charge in [0.1, 0.15) is 10.7 Å². The Labute approximate surface area is 125 Å². The van der Waals surface area contributed by atoms with Crippen molar-refractivity contribution in [3.05, 3.63) is 29.8 Å². The van der Waals surface area contributed by atoms with E-state index in [1.807, 2.05) is 19.9 Å². The quantitative estimate of drug-likeness (QED) is 0.758. The first kappa shape index (κ1) is 16.4. The van der Waals surface area contributed by atoms with E-state index in [0.29, 0.717) is 10.7 Å². The first-order chi connectivity index (χ1) is 9.47. The van der Waals surface area contributed by atoms with E-state index in [4.69, 9.17) is 22.7 Å². The minimum absolute atomic E-state index is 0.112. The van der Waals surface area contributed by atoms with E-state index >= 15 is 0 Å². The smallest absolute Gasteiger partial charge is 0.260 e. The molecule has 1 aromatic carbocycles. The molecule has 4 nitrogen and oxygen atoms in total. The lowest BCUT2D eigenvalue weighted by molar-refractivity contribution is -0.128. The van der Waals surface area contributed by atoms with Gasteiger partial charge in [-0.15, -0.1) is 0 Å². The fourth-order valence-corrected chi connectivity index (χ4v) is 1.92. The van der Waals surface area contributed by atoms with Crippen LogP contribution in [-0.4, -0.2) is 23.0 Å². The van der Waals surface area contributed by atoms with Gasteiger partial charge in [0, 0.05) is 11.6 Å². The average molecular weight is 294 g/mol. The van der Waals surface area contributed by atoms with Gasteiger partial charge >= 0.3 is 0 Å². The number of carbonyl (C=O) groups excluding carboxylic acids is 1. The molecule has 110 valence electrons. The number of thiocarbonyl (C=S) groups is 1. The van der Waals surface area contributed by atoms with E-state index < -0.39 is 6.10 Å². The molecule has 0 radical (unpaired) electrons. The van der Waals surface area contributed by atoms with Crippen LogP contribution in [0.4, 0.5) is 0 Å². The maximum absolute atomic E-state index is 12.0. The van der Waals surface area contributed by atoms with Crippen LogP contribution < -0.4 is 15.8 Å². The van der Waals surface area contributed by atoms with E-state index in [1.165, 1.54) is 0 Å². The Balaban J connectivity index is 2.65. The van der Waals surface area contributed by atoms with Crippen LogP contribution in [0.2, 0.25) is 0 Å². The number of hydrogen-bond donors (Lipinski definition) is 2. The van der Waals surface area contributed by atoms with E-state index in [1.54, 1.807) is 25.1 Å². The number of carbonyl (C=O) groups is 1. The third-order valence-corrected chi connectivity index (χ3v) is 3.37. The first-order valence-corrected chi connectivity index (χ1v) is 7.25. The molecule has 0 aliphatic heterocycles. The third kappa shape index (κ3) is 4.81. The van der Waals surface area contributed by atoms with Crippen molar-refractivity contribution >= 4 is 23.1 Å². The van der Waals surface area contributed by atoms with Gasteiger partial charge in [-0.05, 0) is 31.9 Å². The van der Waals surface area contributed by atoms with Gasteiger partial charge in [-0.3, -0.25) is 4.79 Å². The predicted molar refractivity (Wildman–Crippen MR) is 84.9 cm³/mol. The number of nitrogens with one attached hydrogen (secondary N) is 1. The molecular weight excluding hydrogens is 272 g/mol. The lowest BCUT2D eigenvalue weighted by Crippen LogP contribution is -2.42. The van der Waals surface area contributed by atoms with Gasteiger partial charge in [-0.2, -0.15) is 0 Å². The Morgan fingerprint density at radius 3 is 2.60 bits per heavy atom. The second kappa shape index (κ2) is 7.85. The summed E-state index contributed by atoms with van der Waals surface area (Å²) in [6.45, 7) is 5.82. The second-order valence-electron chi connectivity index (χ2n) is 4.67. The molecule has 5 heteroatoms. The highest BCUT2D eigenvalue weighted by Gasteiger charge is 2.17. The van der Waals surface area contributed by atoms with Gasteiger partial charge in [0.05, 0.1) is 0 Å². The Morgan fingerprint density at radius 1 is 1.40 bits per heavy atom. The molecule has 1 aromatic rings. The summed E-state index contributed by atoms with van der Waals surface area (Å²) in [5, 5.41) is 2.96. The second-order valence-corrected chi connectivity index (χ2v) is 5.11. The summed E-state index contributed by atoms with van der Waals surface area (Å²) in [7, 11) is 0. The molecule has 0 aliphatic rings. The highest BCUT2D eigenvalue weighted by atomic mass is 32.1. The van der Waals surface area contributed by atoms with Crippen molar-refractivity contribution in [2.45, 2.75) is 45.8 Å². The van der Waals surface area contributed by atoms with Crippen molar-refractivity contribution in [1.82, 2.24) is 5.32 Å². The molecule has 3 N–H and O–H groups in total. The third-order valence-electron chi connectivity index (χ3n) is 3.13. The van der Waals surface area contributed by atoms with Crippen LogP contribution in [0.3, 0.4) is 0 Å². The number of ether oxygens (including phenoxy) is 1. The van der Waals surface area contributed by atoms with Gasteiger partial charge in [0.25, 0.3) is 5.91 Å². The van der Waals surface area contributed by atoms with Crippen molar-refractivity contribution in [3.63, 3.8) is 0 Å². The van der Waals surface area contributed by atoms with E-state index in [2.05, 4.69) is 5.32 Å². The fraction of sp³-hybridized carbons (Fsp3) is 0.467. The van der Waals surface area contributed by atoms with Crippen LogP contribution in [0.15, 0.2) is 24.3 Å². The monoisotopic (exact) mass is 294 g/mol. The highest BCUT2D eigenvalue weighted by molar-refractivity contribution is 7.80. The van der Waals surface area contributed by atoms with E-state index in [-0.39, 0.29) is 11.9 Å². The van der Waals surface area contributed by atoms with Crippen molar-refractivity contribution in [2.75, 3.05) is 0 Å². The minimum atomic E-state index is -0.558. The molecule has 0 aliphatic carbocycles. The SMILES string of the molecule is CCC(CC)NC(=O)C(C)Oc1cccc(C(N)=S)c1. The van der Waals surface area contributed by atoms with Crippen LogP contribution in [0.1, 0.15) is 39.2 Å². The number of amides is 1. The molecule has 0 saturated heterocycles. The zero-order chi connectivity index (χ0) is 15.1. The maximum Gasteiger partial charge on any atom is 0.260 e. The van der Waals surface area contributed by atoms with Gasteiger partial charge in [0.15, 0.2) is 6.10 Å². The van der Waals surface area contributed by atoms with Crippen LogP contribution in [0, 0.1) is 0 Å². The average Bonchev–Trinajstić information content (AvgIpc) is 2.44. The van der Waals surface area contributed by atoms with Gasteiger partial charge < -0.3 is 15.8 Å². The highest BCUT2D eigenvalue weighted by Crippen LogP contribution is 2.15. The minimum Gasteiger partial charge on any atom is -0.481 e. The number of rotatable bonds is 7. The lowest BCUT2D eigenvalue weighted by atomic mass is 10.1. The van der Waals surface area contributed by atoms with Crippen molar-refractivity contribution < 1.29 is 9.53 Å². The van der Waals surface area contributed by atoms with Gasteiger partial charge in [-0.1, -0.05) is 38.2 Å². The number of benzene rings is 1. The molecule has 1 amide bonds. The summed E-state index contributed by atoms with van der Waals surface area (Å²) in [5.41, 5.74) is 6.30. The summed E-state index contributed by atoms with van der Waals surface area (Å²) in [5.74, 6) is 0.474. The zero-order valence-corrected chi connectivity index (χ0v) is 13.0. The predicted octanol–water partition coefficient (Wildman–Crippen LogP) is 2.39. The molecule has 0 spiro atoms. The van der Waals surface area contributed by atoms with Crippen LogP contribution in [0.25, 0.3) is 0 Å². The summed E-state index contributed by atoms with van der Waals surface area (Å²) in [6, 6.07) is 7.32. The van der Waals surface area contributed by atoms with Crippen molar-refractivity contribution in [1.29, 1.82) is 0 Å². The number of nitrogens with two attached hydrogens (primary N) is 1. The summed E-state index contributed by atoms with van der Waals surface area (Å²) in [4.78, 5) is 12.3. The van der Waals surface area contributed by atoms with Gasteiger partial charge in [-0.25, -0.2) is 0 Å². The summed E-state index contributed by atoms with van der Waals surface area (Å²) >= 11 is 4.92. The van der Waals surface area contributed by atoms with E-state index in [0.717, 1.165) is 18.4 Å². The Kier molecular flexibility index (Phi) is 6.45. The molecule has 0 fully saturated rings. The largest absolute Gasteiger partial charge is 0.481 e. The molecular formula is C15H22N2O2S. The Bertz CT molecular complexity index is 473. The molecule has 0 aromatic heterocycles. The van der Waals surface area contributed by atoms with Crippen molar-refractivity contribution in [2.24, 2.45) is 5.73 Å². The summed E-state index contributed by atoms with van der Waals surface area (Å²) < 4.78 is 5.63. The molecule has 1 unspecified atom stereocenters. The van der Waals surface area contributed by atoms with Crippen molar-refractivity contribution in [3.8, 4) is 5.75 Å². The first-order valence-electron chi connectivity index (χ1n) is 6.84. The standard InChI is InChI=1S/C15H22N2O2S/c1-4-12(5-2)17-15(18)10(3)19-13-8-6-7-11(9-13)14(16)20/h6-10,12H,4-5H2,1-3H3,(H2,16,20)(H,17,18). The topological polar surface area (TPSA) is 64.3 Å². The van der Waals surface area contributed by atoms with E-state index in [9.17, 15) is 4.79 Å². The van der Waals surface area contributed by atoms with Crippen LogP contribution in [0.5, 0.6) is 5.75 Å². The molecule has 20 heavy (non-hydrogen) atoms. The number of hydrogen-bond acceptors (Lipinski definition) is 3. The van der Waals surface area contributed by atoms with Crippen LogP contribution in [-0.2, 0) is 4.79 Å². The normalized spacial score (nSPS) is 12.0. The zero-order valence-electron chi connectivity index (χ0n) is 12.2. The maximum atomic E-state index is 12.0. The fourth-order valence-electron chi connectivity index (χ4n) is 1.79. The molecule has 0 bridgehead atoms. The molecule has 0 heterocycles. The van der Waals surface area contributed by atoms with Gasteiger partial charge in [0.2, 0.25) is 0 Å². The Hall–Kier alpha value is -1.62. The summed E-state index contributed by atoms with van der Waals surface area (Å²) in [6.07, 6.45) is 1.26. The molecule has 0 saturated carbocycles. The Morgan fingerprint density at radius 2 is 2.05 bits per heavy atom. The molecule has 1 atom stereocenters. The molecule has 1 rings (SSSR count). The van der Waals surface area contributed by atoms with Crippen LogP contribution >= 0.6 is 12.2 Å². The lowest BCUT2D eigenvalue weighted by Gasteiger charge is -2.19.